The van der Waals surface area contributed by atoms with E-state index in [0.717, 1.165) is 0 Å². The normalized spacial score (nSPS) is 58.1. The zero-order valence-corrected chi connectivity index (χ0v) is 14.1. The van der Waals surface area contributed by atoms with Crippen molar-refractivity contribution in [2.45, 2.75) is 33.3 Å². The molecule has 0 aliphatic heterocycles. The summed E-state index contributed by atoms with van der Waals surface area (Å²) in [5.74, 6) is 0.0969. The van der Waals surface area contributed by atoms with Gasteiger partial charge in [0.2, 0.25) is 0 Å². The number of halogens is 7. The van der Waals surface area contributed by atoms with E-state index < -0.39 is 15.7 Å². The van der Waals surface area contributed by atoms with Gasteiger partial charge in [-0.1, -0.05) is 6.92 Å². The number of rotatable bonds is 2. The molecule has 0 aromatic heterocycles. The van der Waals surface area contributed by atoms with Crippen molar-refractivity contribution in [3.63, 3.8) is 0 Å². The van der Waals surface area contributed by atoms with Crippen LogP contribution in [0.15, 0.2) is 0 Å². The van der Waals surface area contributed by atoms with Gasteiger partial charge in [0.05, 0.1) is 21.5 Å². The lowest BCUT2D eigenvalue weighted by molar-refractivity contribution is 0.153. The second-order valence-corrected chi connectivity index (χ2v) is 8.29. The molecule has 0 saturated heterocycles. The maximum absolute atomic E-state index is 6.43. The molecule has 0 aromatic rings. The topological polar surface area (TPSA) is 0 Å². The summed E-state index contributed by atoms with van der Waals surface area (Å²) in [6.07, 6.45) is 0. The predicted molar refractivity (Wildman–Crippen MR) is 78.8 cm³/mol. The third-order valence-electron chi connectivity index (χ3n) is 4.60. The van der Waals surface area contributed by atoms with Crippen LogP contribution < -0.4 is 0 Å². The fourth-order valence-electron chi connectivity index (χ4n) is 3.47. The smallest absolute Gasteiger partial charge is 0.114 e. The van der Waals surface area contributed by atoms with Gasteiger partial charge in [-0.2, -0.15) is 0 Å². The van der Waals surface area contributed by atoms with Crippen LogP contribution in [0.3, 0.4) is 0 Å². The summed E-state index contributed by atoms with van der Waals surface area (Å²) in [6.45, 7) is 1.93. The zero-order chi connectivity index (χ0) is 13.2. The highest BCUT2D eigenvalue weighted by Gasteiger charge is 2.78. The molecule has 2 aliphatic rings. The predicted octanol–water partition coefficient (Wildman–Crippen LogP) is 5.09. The highest BCUT2D eigenvalue weighted by Crippen LogP contribution is 2.73. The number of hydrogen-bond acceptors (Lipinski definition) is 0. The first-order valence-electron chi connectivity index (χ1n) is 5.17. The molecule has 7 heteroatoms. The molecule has 0 spiro atoms. The van der Waals surface area contributed by atoms with E-state index in [4.69, 9.17) is 81.2 Å². The lowest BCUT2D eigenvalue weighted by atomic mass is 9.70. The molecule has 2 aliphatic carbocycles. The molecule has 0 radical (unpaired) electrons. The molecular weight excluding hydrogens is 368 g/mol. The monoisotopic (exact) mass is 376 g/mol. The largest absolute Gasteiger partial charge is 0.126 e. The Morgan fingerprint density at radius 2 is 1.41 bits per heavy atom. The molecule has 2 saturated carbocycles. The van der Waals surface area contributed by atoms with Crippen LogP contribution >= 0.6 is 81.2 Å². The van der Waals surface area contributed by atoms with Crippen molar-refractivity contribution in [1.82, 2.24) is 0 Å². The molecule has 2 bridgehead atoms. The quantitative estimate of drug-likeness (QED) is 0.586. The Bertz CT molecular complexity index is 304. The summed E-state index contributed by atoms with van der Waals surface area (Å²) >= 11 is 44.0. The van der Waals surface area contributed by atoms with Gasteiger partial charge in [-0.15, -0.1) is 81.2 Å². The van der Waals surface area contributed by atoms with Gasteiger partial charge in [0.1, 0.15) is 4.84 Å². The maximum Gasteiger partial charge on any atom is 0.114 e. The minimum atomic E-state index is -0.666. The first-order valence-corrected chi connectivity index (χ1v) is 8.32. The van der Waals surface area contributed by atoms with Crippen molar-refractivity contribution in [2.75, 3.05) is 5.88 Å². The second-order valence-electron chi connectivity index (χ2n) is 4.98. The minimum Gasteiger partial charge on any atom is -0.126 e. The van der Waals surface area contributed by atoms with Crippen molar-refractivity contribution in [2.24, 2.45) is 16.7 Å². The molecule has 5 unspecified atom stereocenters. The van der Waals surface area contributed by atoms with Gasteiger partial charge >= 0.3 is 0 Å². The minimum absolute atomic E-state index is 0.144. The van der Waals surface area contributed by atoms with Gasteiger partial charge in [-0.25, -0.2) is 0 Å². The second kappa shape index (κ2) is 4.79. The highest BCUT2D eigenvalue weighted by molar-refractivity contribution is 6.46. The molecule has 0 nitrogen and oxygen atoms in total. The van der Waals surface area contributed by atoms with Crippen LogP contribution in [0.1, 0.15) is 6.92 Å². The maximum atomic E-state index is 6.43. The van der Waals surface area contributed by atoms with Crippen LogP contribution in [-0.4, -0.2) is 32.2 Å². The van der Waals surface area contributed by atoms with E-state index in [1.54, 1.807) is 0 Å². The average Bonchev–Trinajstić information content (AvgIpc) is 2.55. The number of alkyl halides is 7. The fraction of sp³-hybridized carbons (Fsp3) is 1.00. The Hall–Kier alpha value is 2.03. The van der Waals surface area contributed by atoms with Gasteiger partial charge in [0.25, 0.3) is 0 Å². The van der Waals surface area contributed by atoms with E-state index in [1.807, 2.05) is 6.92 Å². The molecule has 0 aromatic carbocycles. The van der Waals surface area contributed by atoms with Crippen molar-refractivity contribution in [3.05, 3.63) is 0 Å². The fourth-order valence-corrected chi connectivity index (χ4v) is 7.58. The molecule has 0 amide bonds. The Kier molecular flexibility index (Phi) is 4.35. The van der Waals surface area contributed by atoms with Crippen molar-refractivity contribution >= 4 is 81.2 Å². The third kappa shape index (κ3) is 1.59. The lowest BCUT2D eigenvalue weighted by Gasteiger charge is -2.44. The van der Waals surface area contributed by atoms with Crippen molar-refractivity contribution < 1.29 is 0 Å². The van der Waals surface area contributed by atoms with Crippen molar-refractivity contribution in [3.8, 4) is 0 Å². The zero-order valence-electron chi connectivity index (χ0n) is 8.82. The first-order chi connectivity index (χ1) is 7.76. The van der Waals surface area contributed by atoms with Crippen LogP contribution in [0.5, 0.6) is 0 Å². The van der Waals surface area contributed by atoms with E-state index in [-0.39, 0.29) is 33.3 Å². The molecule has 17 heavy (non-hydrogen) atoms. The van der Waals surface area contributed by atoms with E-state index >= 15 is 0 Å². The van der Waals surface area contributed by atoms with Gasteiger partial charge in [0, 0.05) is 22.6 Å². The summed E-state index contributed by atoms with van der Waals surface area (Å²) < 4.78 is 0. The van der Waals surface area contributed by atoms with Gasteiger partial charge in [-0.05, 0) is 0 Å². The van der Waals surface area contributed by atoms with Crippen LogP contribution in [0.25, 0.3) is 0 Å². The van der Waals surface area contributed by atoms with E-state index in [9.17, 15) is 0 Å². The van der Waals surface area contributed by atoms with Crippen LogP contribution in [0.4, 0.5) is 0 Å². The molecule has 100 valence electrons. The Balaban J connectivity index is 2.61. The Labute approximate surface area is 136 Å². The number of hydrogen-bond donors (Lipinski definition) is 0. The van der Waals surface area contributed by atoms with Gasteiger partial charge in [0.15, 0.2) is 0 Å². The lowest BCUT2D eigenvalue weighted by Crippen LogP contribution is -2.50. The highest BCUT2D eigenvalue weighted by atomic mass is 35.5. The Morgan fingerprint density at radius 3 is 1.65 bits per heavy atom. The van der Waals surface area contributed by atoms with Gasteiger partial charge < -0.3 is 0 Å². The summed E-state index contributed by atoms with van der Waals surface area (Å²) in [6, 6.07) is 0. The standard InChI is InChI=1S/C10H11Cl7/c1-9(8(16)17)3-4(12)6(14)10(9,2-11)7(15)5(3)13/h3-8H,2H2,1H3. The average molecular weight is 379 g/mol. The molecule has 2 rings (SSSR count). The summed E-state index contributed by atoms with van der Waals surface area (Å²) in [4.78, 5) is -0.666. The summed E-state index contributed by atoms with van der Waals surface area (Å²) in [5, 5.41) is -1.40. The number of fused-ring (bicyclic) bond motifs is 2. The molecular formula is C10H11Cl7. The van der Waals surface area contributed by atoms with E-state index in [1.165, 1.54) is 0 Å². The molecule has 5 atom stereocenters. The van der Waals surface area contributed by atoms with E-state index in [2.05, 4.69) is 0 Å². The molecule has 2 fully saturated rings. The first kappa shape index (κ1) is 15.4. The van der Waals surface area contributed by atoms with Crippen LogP contribution in [0.2, 0.25) is 0 Å². The summed E-state index contributed by atoms with van der Waals surface area (Å²) in [5.41, 5.74) is -1.22. The summed E-state index contributed by atoms with van der Waals surface area (Å²) in [7, 11) is 0. The van der Waals surface area contributed by atoms with Crippen molar-refractivity contribution in [1.29, 1.82) is 0 Å². The van der Waals surface area contributed by atoms with Gasteiger partial charge in [-0.3, -0.25) is 0 Å². The van der Waals surface area contributed by atoms with E-state index in [0.29, 0.717) is 0 Å². The SMILES string of the molecule is CC1(C(Cl)Cl)C2C(Cl)C(Cl)C1(CCl)C(Cl)C2Cl. The Morgan fingerprint density at radius 1 is 1.00 bits per heavy atom. The molecule has 0 N–H and O–H groups in total. The van der Waals surface area contributed by atoms with Crippen LogP contribution in [0, 0.1) is 16.7 Å². The third-order valence-corrected chi connectivity index (χ3v) is 8.57. The van der Waals surface area contributed by atoms with Crippen LogP contribution in [-0.2, 0) is 0 Å². The molecule has 0 heterocycles.